The largest absolute Gasteiger partial charge is 0.484 e. The normalized spacial score (nSPS) is 11.9. The summed E-state index contributed by atoms with van der Waals surface area (Å²) in [6.45, 7) is 0.938. The van der Waals surface area contributed by atoms with Gasteiger partial charge in [0.2, 0.25) is 0 Å². The molecule has 116 valence electrons. The second-order valence-corrected chi connectivity index (χ2v) is 5.97. The van der Waals surface area contributed by atoms with Gasteiger partial charge in [0.05, 0.1) is 0 Å². The number of hydrogen-bond donors (Lipinski definition) is 1. The van der Waals surface area contributed by atoms with E-state index in [1.54, 1.807) is 11.3 Å². The molecule has 2 aromatic carbocycles. The molecule has 0 saturated carbocycles. The van der Waals surface area contributed by atoms with Crippen LogP contribution in [-0.4, -0.2) is 13.6 Å². The number of nitrogens with one attached hydrogen (secondary N) is 1. The Kier molecular flexibility index (Phi) is 6.25. The van der Waals surface area contributed by atoms with E-state index in [1.165, 1.54) is 15.6 Å². The van der Waals surface area contributed by atoms with E-state index >= 15 is 0 Å². The van der Waals surface area contributed by atoms with Crippen LogP contribution < -0.4 is 10.1 Å². The molecular weight excluding hydrogens is 314 g/mol. The maximum absolute atomic E-state index is 6.34. The number of thiophene rings is 1. The zero-order valence-electron chi connectivity index (χ0n) is 12.5. The molecule has 3 rings (SSSR count). The van der Waals surface area contributed by atoms with Gasteiger partial charge in [-0.05, 0) is 36.5 Å². The predicted molar refractivity (Wildman–Crippen MR) is 97.4 cm³/mol. The molecule has 3 aromatic rings. The quantitative estimate of drug-likeness (QED) is 0.681. The summed E-state index contributed by atoms with van der Waals surface area (Å²) >= 11 is 1.75. The maximum atomic E-state index is 6.34. The lowest BCUT2D eigenvalue weighted by atomic mass is 10.1. The molecule has 22 heavy (non-hydrogen) atoms. The van der Waals surface area contributed by atoms with E-state index in [0.29, 0.717) is 0 Å². The molecule has 4 heteroatoms. The minimum Gasteiger partial charge on any atom is -0.484 e. The first-order valence-corrected chi connectivity index (χ1v) is 8.09. The van der Waals surface area contributed by atoms with Gasteiger partial charge in [-0.15, -0.1) is 23.7 Å². The van der Waals surface area contributed by atoms with Gasteiger partial charge in [0.15, 0.2) is 0 Å². The first kappa shape index (κ1) is 16.8. The third kappa shape index (κ3) is 3.80. The van der Waals surface area contributed by atoms with Crippen LogP contribution in [-0.2, 0) is 0 Å². The number of rotatable bonds is 6. The summed E-state index contributed by atoms with van der Waals surface area (Å²) < 4.78 is 6.34. The first-order valence-electron chi connectivity index (χ1n) is 7.21. The smallest absolute Gasteiger partial charge is 0.134 e. The molecule has 0 radical (unpaired) electrons. The average Bonchev–Trinajstić information content (AvgIpc) is 3.06. The van der Waals surface area contributed by atoms with Crippen molar-refractivity contribution in [1.29, 1.82) is 0 Å². The topological polar surface area (TPSA) is 21.3 Å². The van der Waals surface area contributed by atoms with Gasteiger partial charge in [0.25, 0.3) is 0 Å². The lowest BCUT2D eigenvalue weighted by molar-refractivity contribution is 0.201. The van der Waals surface area contributed by atoms with Gasteiger partial charge < -0.3 is 10.1 Å². The number of fused-ring (bicyclic) bond motifs is 1. The van der Waals surface area contributed by atoms with Crippen LogP contribution in [0.5, 0.6) is 5.75 Å². The lowest BCUT2D eigenvalue weighted by Crippen LogP contribution is -2.15. The minimum atomic E-state index is 0. The van der Waals surface area contributed by atoms with E-state index in [-0.39, 0.29) is 18.5 Å². The highest BCUT2D eigenvalue weighted by molar-refractivity contribution is 7.10. The van der Waals surface area contributed by atoms with Crippen molar-refractivity contribution in [2.45, 2.75) is 12.5 Å². The Labute approximate surface area is 141 Å². The Morgan fingerprint density at radius 2 is 1.86 bits per heavy atom. The fourth-order valence-corrected chi connectivity index (χ4v) is 3.25. The van der Waals surface area contributed by atoms with Gasteiger partial charge in [0.1, 0.15) is 11.9 Å². The third-order valence-corrected chi connectivity index (χ3v) is 4.50. The summed E-state index contributed by atoms with van der Waals surface area (Å²) in [5.74, 6) is 0.961. The molecule has 1 aromatic heterocycles. The molecule has 0 saturated heterocycles. The standard InChI is InChI=1S/C18H19NOS.ClH/c1-19-12-11-17(18-10-5-13-21-18)20-16-9-4-7-14-6-2-3-8-15(14)16;/h2-10,13,17,19H,11-12H2,1H3;1H/t17-;/m1./s1. The average molecular weight is 334 g/mol. The third-order valence-electron chi connectivity index (χ3n) is 3.54. The van der Waals surface area contributed by atoms with Crippen molar-refractivity contribution in [3.8, 4) is 5.75 Å². The second kappa shape index (κ2) is 8.18. The molecule has 0 bridgehead atoms. The highest BCUT2D eigenvalue weighted by Gasteiger charge is 2.15. The number of hydrogen-bond acceptors (Lipinski definition) is 3. The van der Waals surface area contributed by atoms with Crippen LogP contribution in [0, 0.1) is 0 Å². The number of benzene rings is 2. The van der Waals surface area contributed by atoms with Crippen LogP contribution >= 0.6 is 23.7 Å². The molecule has 0 fully saturated rings. The van der Waals surface area contributed by atoms with Crippen LogP contribution in [0.25, 0.3) is 10.8 Å². The van der Waals surface area contributed by atoms with Gasteiger partial charge in [-0.2, -0.15) is 0 Å². The predicted octanol–water partition coefficient (Wildman–Crippen LogP) is 5.05. The van der Waals surface area contributed by atoms with Gasteiger partial charge in [-0.25, -0.2) is 0 Å². The lowest BCUT2D eigenvalue weighted by Gasteiger charge is -2.19. The van der Waals surface area contributed by atoms with E-state index < -0.39 is 0 Å². The van der Waals surface area contributed by atoms with E-state index in [0.717, 1.165) is 18.7 Å². The summed E-state index contributed by atoms with van der Waals surface area (Å²) in [7, 11) is 1.98. The molecule has 0 spiro atoms. The van der Waals surface area contributed by atoms with Crippen molar-refractivity contribution in [2.24, 2.45) is 0 Å². The Morgan fingerprint density at radius 3 is 2.64 bits per heavy atom. The van der Waals surface area contributed by atoms with Crippen LogP contribution in [0.3, 0.4) is 0 Å². The zero-order chi connectivity index (χ0) is 14.5. The Bertz CT molecular complexity index is 694. The second-order valence-electron chi connectivity index (χ2n) is 4.99. The molecule has 1 N–H and O–H groups in total. The van der Waals surface area contributed by atoms with Gasteiger partial charge in [-0.1, -0.05) is 42.5 Å². The molecule has 2 nitrogen and oxygen atoms in total. The fraction of sp³-hybridized carbons (Fsp3) is 0.222. The Balaban J connectivity index is 0.00000176. The van der Waals surface area contributed by atoms with E-state index in [2.05, 4.69) is 65.3 Å². The first-order chi connectivity index (χ1) is 10.4. The molecule has 0 amide bonds. The van der Waals surface area contributed by atoms with Crippen molar-refractivity contribution in [1.82, 2.24) is 5.32 Å². The Morgan fingerprint density at radius 1 is 1.05 bits per heavy atom. The highest BCUT2D eigenvalue weighted by Crippen LogP contribution is 2.32. The molecule has 0 aliphatic carbocycles. The maximum Gasteiger partial charge on any atom is 0.134 e. The monoisotopic (exact) mass is 333 g/mol. The molecule has 1 atom stereocenters. The summed E-state index contributed by atoms with van der Waals surface area (Å²) in [5.41, 5.74) is 0. The zero-order valence-corrected chi connectivity index (χ0v) is 14.1. The van der Waals surface area contributed by atoms with Gasteiger partial charge >= 0.3 is 0 Å². The van der Waals surface area contributed by atoms with Crippen LogP contribution in [0.2, 0.25) is 0 Å². The van der Waals surface area contributed by atoms with E-state index in [1.807, 2.05) is 7.05 Å². The SMILES string of the molecule is CNCC[C@@H](Oc1cccc2ccccc12)c1cccs1.Cl. The highest BCUT2D eigenvalue weighted by atomic mass is 35.5. The summed E-state index contributed by atoms with van der Waals surface area (Å²) in [5, 5.41) is 7.70. The Hall–Kier alpha value is -1.55. The summed E-state index contributed by atoms with van der Waals surface area (Å²) in [6, 6.07) is 18.8. The van der Waals surface area contributed by atoms with Crippen molar-refractivity contribution >= 4 is 34.5 Å². The van der Waals surface area contributed by atoms with Crippen LogP contribution in [0.4, 0.5) is 0 Å². The van der Waals surface area contributed by atoms with Crippen molar-refractivity contribution in [3.05, 3.63) is 64.9 Å². The number of halogens is 1. The van der Waals surface area contributed by atoms with E-state index in [4.69, 9.17) is 4.74 Å². The summed E-state index contributed by atoms with van der Waals surface area (Å²) in [6.07, 6.45) is 1.06. The molecule has 0 unspecified atom stereocenters. The molecular formula is C18H20ClNOS. The minimum absolute atomic E-state index is 0. The van der Waals surface area contributed by atoms with Crippen molar-refractivity contribution in [3.63, 3.8) is 0 Å². The van der Waals surface area contributed by atoms with Crippen molar-refractivity contribution in [2.75, 3.05) is 13.6 Å². The van der Waals surface area contributed by atoms with Crippen molar-refractivity contribution < 1.29 is 4.74 Å². The number of ether oxygens (including phenoxy) is 1. The van der Waals surface area contributed by atoms with Gasteiger partial charge in [0, 0.05) is 16.7 Å². The molecule has 0 aliphatic rings. The molecule has 0 aliphatic heterocycles. The van der Waals surface area contributed by atoms with Crippen LogP contribution in [0.1, 0.15) is 17.4 Å². The van der Waals surface area contributed by atoms with Crippen LogP contribution in [0.15, 0.2) is 60.0 Å². The molecule has 1 heterocycles. The fourth-order valence-electron chi connectivity index (χ4n) is 2.46. The van der Waals surface area contributed by atoms with Gasteiger partial charge in [-0.3, -0.25) is 0 Å². The van der Waals surface area contributed by atoms with E-state index in [9.17, 15) is 0 Å². The summed E-state index contributed by atoms with van der Waals surface area (Å²) in [4.78, 5) is 1.28.